The summed E-state index contributed by atoms with van der Waals surface area (Å²) < 4.78 is 45.6. The van der Waals surface area contributed by atoms with E-state index in [0.29, 0.717) is 16.9 Å². The van der Waals surface area contributed by atoms with Crippen molar-refractivity contribution in [2.75, 3.05) is 20.3 Å². The predicted octanol–water partition coefficient (Wildman–Crippen LogP) is 2.08. The Kier molecular flexibility index (Phi) is 5.67. The van der Waals surface area contributed by atoms with E-state index in [1.807, 2.05) is 0 Å². The number of alkyl halides is 3. The zero-order valence-corrected chi connectivity index (χ0v) is 10.4. The van der Waals surface area contributed by atoms with Crippen molar-refractivity contribution < 1.29 is 22.6 Å². The van der Waals surface area contributed by atoms with Crippen LogP contribution in [0.2, 0.25) is 0 Å². The molecule has 6 heteroatoms. The molecule has 0 atom stereocenters. The molecule has 1 aromatic rings. The van der Waals surface area contributed by atoms with Crippen LogP contribution in [-0.4, -0.2) is 26.4 Å². The van der Waals surface area contributed by atoms with E-state index >= 15 is 0 Å². The molecule has 3 nitrogen and oxygen atoms in total. The fourth-order valence-electron chi connectivity index (χ4n) is 1.40. The summed E-state index contributed by atoms with van der Waals surface area (Å²) in [6.07, 6.45) is -4.34. The van der Waals surface area contributed by atoms with E-state index in [9.17, 15) is 13.2 Å². The summed E-state index contributed by atoms with van der Waals surface area (Å²) in [5, 5.41) is 0. The monoisotopic (exact) mass is 273 g/mol. The average molecular weight is 273 g/mol. The van der Waals surface area contributed by atoms with Crippen LogP contribution >= 0.6 is 0 Å². The zero-order chi connectivity index (χ0) is 14.3. The summed E-state index contributed by atoms with van der Waals surface area (Å²) in [5.74, 6) is 5.92. The van der Waals surface area contributed by atoms with E-state index < -0.39 is 12.8 Å². The second kappa shape index (κ2) is 7.02. The predicted molar refractivity (Wildman–Crippen MR) is 64.6 cm³/mol. The molecule has 0 saturated heterocycles. The lowest BCUT2D eigenvalue weighted by atomic mass is 10.1. The van der Waals surface area contributed by atoms with Crippen molar-refractivity contribution in [2.45, 2.75) is 12.8 Å². The van der Waals surface area contributed by atoms with Gasteiger partial charge in [0.2, 0.25) is 0 Å². The van der Waals surface area contributed by atoms with Gasteiger partial charge in [-0.15, -0.1) is 0 Å². The summed E-state index contributed by atoms with van der Waals surface area (Å²) in [5.41, 5.74) is 6.41. The number of hydrogen-bond acceptors (Lipinski definition) is 3. The van der Waals surface area contributed by atoms with Gasteiger partial charge in [0, 0.05) is 11.1 Å². The Hall–Kier alpha value is -1.71. The third-order valence-corrected chi connectivity index (χ3v) is 2.14. The van der Waals surface area contributed by atoms with Crippen molar-refractivity contribution in [3.05, 3.63) is 29.3 Å². The molecule has 0 unspecified atom stereocenters. The van der Waals surface area contributed by atoms with E-state index in [0.717, 1.165) is 0 Å². The van der Waals surface area contributed by atoms with E-state index in [1.54, 1.807) is 18.2 Å². The SMILES string of the molecule is COc1ccc(C#CCN)cc1COCC(F)(F)F. The van der Waals surface area contributed by atoms with Crippen molar-refractivity contribution in [3.8, 4) is 17.6 Å². The topological polar surface area (TPSA) is 44.5 Å². The third-order valence-electron chi connectivity index (χ3n) is 2.14. The summed E-state index contributed by atoms with van der Waals surface area (Å²) in [7, 11) is 1.44. The molecule has 0 aliphatic heterocycles. The largest absolute Gasteiger partial charge is 0.496 e. The molecule has 0 radical (unpaired) electrons. The lowest BCUT2D eigenvalue weighted by Gasteiger charge is -2.11. The van der Waals surface area contributed by atoms with E-state index in [-0.39, 0.29) is 13.2 Å². The van der Waals surface area contributed by atoms with Crippen LogP contribution in [0, 0.1) is 11.8 Å². The van der Waals surface area contributed by atoms with Crippen molar-refractivity contribution in [3.63, 3.8) is 0 Å². The number of rotatable bonds is 4. The van der Waals surface area contributed by atoms with Gasteiger partial charge < -0.3 is 15.2 Å². The molecule has 19 heavy (non-hydrogen) atoms. The summed E-state index contributed by atoms with van der Waals surface area (Å²) in [6, 6.07) is 4.96. The Bertz CT molecular complexity index is 475. The van der Waals surface area contributed by atoms with Crippen LogP contribution in [0.5, 0.6) is 5.75 Å². The Morgan fingerprint density at radius 1 is 1.32 bits per heavy atom. The van der Waals surface area contributed by atoms with Gasteiger partial charge in [0.1, 0.15) is 12.4 Å². The molecule has 0 amide bonds. The molecule has 0 aromatic heterocycles. The Morgan fingerprint density at radius 3 is 2.63 bits per heavy atom. The number of ether oxygens (including phenoxy) is 2. The summed E-state index contributed by atoms with van der Waals surface area (Å²) >= 11 is 0. The van der Waals surface area contributed by atoms with Gasteiger partial charge in [-0.2, -0.15) is 13.2 Å². The molecule has 0 fully saturated rings. The highest BCUT2D eigenvalue weighted by Gasteiger charge is 2.27. The van der Waals surface area contributed by atoms with Gasteiger partial charge in [0.05, 0.1) is 20.3 Å². The number of methoxy groups -OCH3 is 1. The minimum Gasteiger partial charge on any atom is -0.496 e. The number of hydrogen-bond donors (Lipinski definition) is 1. The highest BCUT2D eigenvalue weighted by Crippen LogP contribution is 2.22. The molecular formula is C13H14F3NO2. The minimum absolute atomic E-state index is 0.194. The van der Waals surface area contributed by atoms with Crippen LogP contribution in [-0.2, 0) is 11.3 Å². The van der Waals surface area contributed by atoms with Gasteiger partial charge in [0.25, 0.3) is 0 Å². The van der Waals surface area contributed by atoms with Crippen molar-refractivity contribution in [1.82, 2.24) is 0 Å². The Morgan fingerprint density at radius 2 is 2.05 bits per heavy atom. The van der Waals surface area contributed by atoms with Crippen LogP contribution in [0.4, 0.5) is 13.2 Å². The fourth-order valence-corrected chi connectivity index (χ4v) is 1.40. The van der Waals surface area contributed by atoms with Crippen molar-refractivity contribution >= 4 is 0 Å². The fraction of sp³-hybridized carbons (Fsp3) is 0.385. The van der Waals surface area contributed by atoms with Gasteiger partial charge in [-0.1, -0.05) is 11.8 Å². The molecule has 0 heterocycles. The lowest BCUT2D eigenvalue weighted by Crippen LogP contribution is -2.16. The Labute approximate surface area is 109 Å². The van der Waals surface area contributed by atoms with Gasteiger partial charge in [-0.25, -0.2) is 0 Å². The molecule has 0 aliphatic rings. The van der Waals surface area contributed by atoms with Crippen LogP contribution in [0.25, 0.3) is 0 Å². The van der Waals surface area contributed by atoms with Crippen LogP contribution in [0.15, 0.2) is 18.2 Å². The molecule has 1 rings (SSSR count). The molecule has 0 aliphatic carbocycles. The second-order valence-corrected chi connectivity index (χ2v) is 3.64. The van der Waals surface area contributed by atoms with Gasteiger partial charge in [-0.3, -0.25) is 0 Å². The third kappa shape index (κ3) is 5.64. The van der Waals surface area contributed by atoms with Crippen LogP contribution < -0.4 is 10.5 Å². The highest BCUT2D eigenvalue weighted by atomic mass is 19.4. The molecule has 1 aromatic carbocycles. The molecular weight excluding hydrogens is 259 g/mol. The van der Waals surface area contributed by atoms with E-state index in [4.69, 9.17) is 10.5 Å². The normalized spacial score (nSPS) is 10.8. The maximum Gasteiger partial charge on any atom is 0.411 e. The lowest BCUT2D eigenvalue weighted by molar-refractivity contribution is -0.176. The second-order valence-electron chi connectivity index (χ2n) is 3.64. The molecule has 0 bridgehead atoms. The van der Waals surface area contributed by atoms with Crippen LogP contribution in [0.3, 0.4) is 0 Å². The maximum atomic E-state index is 12.0. The standard InChI is InChI=1S/C13H14F3NO2/c1-18-12-5-4-10(3-2-6-17)7-11(12)8-19-9-13(14,15)16/h4-5,7H,6,8-9,17H2,1H3. The molecule has 0 saturated carbocycles. The van der Waals surface area contributed by atoms with Gasteiger partial charge in [-0.05, 0) is 18.2 Å². The first-order valence-corrected chi connectivity index (χ1v) is 5.46. The van der Waals surface area contributed by atoms with Crippen molar-refractivity contribution in [2.24, 2.45) is 5.73 Å². The highest BCUT2D eigenvalue weighted by molar-refractivity contribution is 5.44. The van der Waals surface area contributed by atoms with Gasteiger partial charge >= 0.3 is 6.18 Å². The molecule has 0 spiro atoms. The van der Waals surface area contributed by atoms with Gasteiger partial charge in [0.15, 0.2) is 0 Å². The number of benzene rings is 1. The smallest absolute Gasteiger partial charge is 0.411 e. The maximum absolute atomic E-state index is 12.0. The molecule has 104 valence electrons. The first kappa shape index (κ1) is 15.3. The Balaban J connectivity index is 2.78. The quantitative estimate of drug-likeness (QED) is 0.854. The van der Waals surface area contributed by atoms with E-state index in [1.165, 1.54) is 7.11 Å². The minimum atomic E-state index is -4.34. The summed E-state index contributed by atoms with van der Waals surface area (Å²) in [6.45, 7) is -1.28. The zero-order valence-electron chi connectivity index (χ0n) is 10.4. The van der Waals surface area contributed by atoms with Crippen LogP contribution in [0.1, 0.15) is 11.1 Å². The van der Waals surface area contributed by atoms with Crippen molar-refractivity contribution in [1.29, 1.82) is 0 Å². The first-order chi connectivity index (χ1) is 8.96. The number of halogens is 3. The average Bonchev–Trinajstić information content (AvgIpc) is 2.35. The number of nitrogens with two attached hydrogens (primary N) is 1. The molecule has 2 N–H and O–H groups in total. The van der Waals surface area contributed by atoms with E-state index in [2.05, 4.69) is 16.6 Å². The summed E-state index contributed by atoms with van der Waals surface area (Å²) in [4.78, 5) is 0. The first-order valence-electron chi connectivity index (χ1n) is 5.46.